The lowest BCUT2D eigenvalue weighted by Crippen LogP contribution is -2.17. The van der Waals surface area contributed by atoms with Crippen molar-refractivity contribution in [3.63, 3.8) is 0 Å². The largest absolute Gasteiger partial charge is 0.573 e. The molecule has 3 nitrogen and oxygen atoms in total. The quantitative estimate of drug-likeness (QED) is 0.867. The van der Waals surface area contributed by atoms with E-state index in [4.69, 9.17) is 4.74 Å². The number of halogens is 3. The summed E-state index contributed by atoms with van der Waals surface area (Å²) in [6.07, 6.45) is -5.17. The minimum absolute atomic E-state index is 0.104. The summed E-state index contributed by atoms with van der Waals surface area (Å²) in [6, 6.07) is 5.37. The molecule has 0 aliphatic rings. The van der Waals surface area contributed by atoms with Gasteiger partial charge >= 0.3 is 6.36 Å². The van der Waals surface area contributed by atoms with E-state index >= 15 is 0 Å². The van der Waals surface area contributed by atoms with Crippen LogP contribution in [0.25, 0.3) is 0 Å². The lowest BCUT2D eigenvalue weighted by molar-refractivity contribution is -0.274. The van der Waals surface area contributed by atoms with E-state index < -0.39 is 12.5 Å². The highest BCUT2D eigenvalue weighted by molar-refractivity contribution is 5.30. The van der Waals surface area contributed by atoms with Gasteiger partial charge in [0.25, 0.3) is 0 Å². The first-order valence-electron chi connectivity index (χ1n) is 5.84. The number of rotatable bonds is 6. The Kier molecular flexibility index (Phi) is 5.62. The lowest BCUT2D eigenvalue weighted by Gasteiger charge is -2.17. The maximum absolute atomic E-state index is 12.1. The predicted molar refractivity (Wildman–Crippen MR) is 63.7 cm³/mol. The van der Waals surface area contributed by atoms with Gasteiger partial charge in [0, 0.05) is 13.7 Å². The highest BCUT2D eigenvalue weighted by Crippen LogP contribution is 2.27. The van der Waals surface area contributed by atoms with Gasteiger partial charge in [-0.1, -0.05) is 19.1 Å². The third-order valence-corrected chi connectivity index (χ3v) is 2.55. The van der Waals surface area contributed by atoms with E-state index in [-0.39, 0.29) is 11.7 Å². The molecule has 0 fully saturated rings. The first-order valence-corrected chi connectivity index (χ1v) is 5.84. The van der Waals surface area contributed by atoms with Crippen LogP contribution in [0.1, 0.15) is 25.0 Å². The van der Waals surface area contributed by atoms with Gasteiger partial charge in [-0.25, -0.2) is 0 Å². The van der Waals surface area contributed by atoms with Crippen molar-refractivity contribution >= 4 is 0 Å². The molecular weight excluding hydrogens is 261 g/mol. The zero-order valence-corrected chi connectivity index (χ0v) is 10.8. The molecule has 0 aliphatic carbocycles. The first kappa shape index (κ1) is 15.8. The number of hydrogen-bond acceptors (Lipinski definition) is 3. The van der Waals surface area contributed by atoms with Crippen molar-refractivity contribution in [1.82, 2.24) is 0 Å². The Bertz CT molecular complexity index is 393. The molecule has 0 saturated carbocycles. The molecule has 0 bridgehead atoms. The third-order valence-electron chi connectivity index (χ3n) is 2.55. The summed E-state index contributed by atoms with van der Waals surface area (Å²) in [6.45, 7) is 2.37. The number of benzene rings is 1. The maximum atomic E-state index is 12.1. The van der Waals surface area contributed by atoms with Crippen LogP contribution < -0.4 is 4.74 Å². The monoisotopic (exact) mass is 278 g/mol. The summed E-state index contributed by atoms with van der Waals surface area (Å²) >= 11 is 0. The second kappa shape index (κ2) is 6.77. The lowest BCUT2D eigenvalue weighted by atomic mass is 9.99. The van der Waals surface area contributed by atoms with Crippen LogP contribution in [0, 0.1) is 5.92 Å². The number of alkyl halides is 3. The van der Waals surface area contributed by atoms with Crippen LogP contribution >= 0.6 is 0 Å². The molecule has 1 aromatic rings. The average Bonchev–Trinajstić information content (AvgIpc) is 2.27. The molecule has 2 atom stereocenters. The van der Waals surface area contributed by atoms with Crippen LogP contribution in [0.5, 0.6) is 5.75 Å². The average molecular weight is 278 g/mol. The molecule has 1 N–H and O–H groups in total. The van der Waals surface area contributed by atoms with Crippen LogP contribution in [-0.4, -0.2) is 25.2 Å². The van der Waals surface area contributed by atoms with E-state index in [1.54, 1.807) is 13.2 Å². The molecule has 108 valence electrons. The van der Waals surface area contributed by atoms with Gasteiger partial charge < -0.3 is 14.6 Å². The molecule has 0 heterocycles. The molecular formula is C13H17F3O3. The van der Waals surface area contributed by atoms with Gasteiger partial charge in [0.2, 0.25) is 0 Å². The van der Waals surface area contributed by atoms with Crippen LogP contribution in [0.4, 0.5) is 13.2 Å². The smallest absolute Gasteiger partial charge is 0.406 e. The van der Waals surface area contributed by atoms with E-state index in [0.717, 1.165) is 0 Å². The number of methoxy groups -OCH3 is 1. The van der Waals surface area contributed by atoms with E-state index in [9.17, 15) is 18.3 Å². The van der Waals surface area contributed by atoms with Crippen molar-refractivity contribution in [2.75, 3.05) is 13.7 Å². The number of ether oxygens (including phenoxy) is 2. The SMILES string of the molecule is COCC(C)CC(O)c1cccc(OC(F)(F)F)c1. The fourth-order valence-electron chi connectivity index (χ4n) is 1.79. The molecule has 6 heteroatoms. The van der Waals surface area contributed by atoms with Gasteiger partial charge in [-0.3, -0.25) is 0 Å². The predicted octanol–water partition coefficient (Wildman–Crippen LogP) is 3.29. The van der Waals surface area contributed by atoms with E-state index in [0.29, 0.717) is 18.6 Å². The molecule has 0 saturated heterocycles. The highest BCUT2D eigenvalue weighted by Gasteiger charge is 2.31. The molecule has 1 rings (SSSR count). The number of aliphatic hydroxyl groups is 1. The van der Waals surface area contributed by atoms with E-state index in [2.05, 4.69) is 4.74 Å². The fraction of sp³-hybridized carbons (Fsp3) is 0.538. The molecule has 19 heavy (non-hydrogen) atoms. The maximum Gasteiger partial charge on any atom is 0.573 e. The van der Waals surface area contributed by atoms with Gasteiger partial charge in [0.15, 0.2) is 0 Å². The minimum Gasteiger partial charge on any atom is -0.406 e. The van der Waals surface area contributed by atoms with Crippen molar-refractivity contribution in [2.45, 2.75) is 25.8 Å². The molecule has 2 unspecified atom stereocenters. The summed E-state index contributed by atoms with van der Waals surface area (Å²) < 4.78 is 45.0. The molecule has 0 aromatic heterocycles. The molecule has 0 aliphatic heterocycles. The van der Waals surface area contributed by atoms with Crippen LogP contribution in [0.2, 0.25) is 0 Å². The van der Waals surface area contributed by atoms with Gasteiger partial charge in [0.05, 0.1) is 6.10 Å². The zero-order valence-electron chi connectivity index (χ0n) is 10.8. The summed E-state index contributed by atoms with van der Waals surface area (Å²) in [4.78, 5) is 0. The normalized spacial score (nSPS) is 15.1. The second-order valence-corrected chi connectivity index (χ2v) is 4.43. The second-order valence-electron chi connectivity index (χ2n) is 4.43. The van der Waals surface area contributed by atoms with Crippen molar-refractivity contribution in [1.29, 1.82) is 0 Å². The molecule has 0 amide bonds. The van der Waals surface area contributed by atoms with Gasteiger partial charge in [-0.05, 0) is 30.0 Å². The number of aliphatic hydroxyl groups excluding tert-OH is 1. The van der Waals surface area contributed by atoms with Gasteiger partial charge in [0.1, 0.15) is 5.75 Å². The van der Waals surface area contributed by atoms with Crippen LogP contribution in [0.15, 0.2) is 24.3 Å². The summed E-state index contributed by atoms with van der Waals surface area (Å²) in [5.41, 5.74) is 0.393. The molecule has 1 aromatic carbocycles. The Balaban J connectivity index is 2.70. The summed E-state index contributed by atoms with van der Waals surface area (Å²) in [5.74, 6) is -0.226. The standard InChI is InChI=1S/C13H17F3O3/c1-9(8-18-2)6-12(17)10-4-3-5-11(7-10)19-13(14,15)16/h3-5,7,9,12,17H,6,8H2,1-2H3. The minimum atomic E-state index is -4.73. The Hall–Kier alpha value is -1.27. The summed E-state index contributed by atoms with van der Waals surface area (Å²) in [5, 5.41) is 9.95. The Labute approximate surface area is 110 Å². The van der Waals surface area contributed by atoms with E-state index in [1.807, 2.05) is 6.92 Å². The van der Waals surface area contributed by atoms with Crippen LogP contribution in [0.3, 0.4) is 0 Å². The van der Waals surface area contributed by atoms with Crippen molar-refractivity contribution in [3.05, 3.63) is 29.8 Å². The van der Waals surface area contributed by atoms with Crippen LogP contribution in [-0.2, 0) is 4.74 Å². The highest BCUT2D eigenvalue weighted by atomic mass is 19.4. The Morgan fingerprint density at radius 2 is 2.00 bits per heavy atom. The molecule has 0 radical (unpaired) electrons. The van der Waals surface area contributed by atoms with Gasteiger partial charge in [-0.15, -0.1) is 13.2 Å². The van der Waals surface area contributed by atoms with Crippen molar-refractivity contribution in [3.8, 4) is 5.75 Å². The topological polar surface area (TPSA) is 38.7 Å². The van der Waals surface area contributed by atoms with Crippen molar-refractivity contribution < 1.29 is 27.8 Å². The van der Waals surface area contributed by atoms with Gasteiger partial charge in [-0.2, -0.15) is 0 Å². The van der Waals surface area contributed by atoms with Crippen molar-refractivity contribution in [2.24, 2.45) is 5.92 Å². The zero-order chi connectivity index (χ0) is 14.5. The fourth-order valence-corrected chi connectivity index (χ4v) is 1.79. The molecule has 0 spiro atoms. The third kappa shape index (κ3) is 5.94. The Morgan fingerprint density at radius 1 is 1.32 bits per heavy atom. The first-order chi connectivity index (χ1) is 8.81. The summed E-state index contributed by atoms with van der Waals surface area (Å²) in [7, 11) is 1.56. The van der Waals surface area contributed by atoms with E-state index in [1.165, 1.54) is 18.2 Å². The number of hydrogen-bond donors (Lipinski definition) is 1. The Morgan fingerprint density at radius 3 is 2.58 bits per heavy atom.